The Morgan fingerprint density at radius 1 is 0.931 bits per heavy atom. The molecule has 2 N–H and O–H groups in total. The van der Waals surface area contributed by atoms with Crippen molar-refractivity contribution >= 4 is 34.3 Å². The summed E-state index contributed by atoms with van der Waals surface area (Å²) in [5.74, 6) is -0.185. The van der Waals surface area contributed by atoms with E-state index in [9.17, 15) is 9.59 Å². The number of benzene rings is 3. The van der Waals surface area contributed by atoms with Crippen molar-refractivity contribution in [2.75, 3.05) is 0 Å². The van der Waals surface area contributed by atoms with Gasteiger partial charge in [0.1, 0.15) is 5.52 Å². The number of halogens is 1. The second-order valence-corrected chi connectivity index (χ2v) is 6.85. The summed E-state index contributed by atoms with van der Waals surface area (Å²) in [5, 5.41) is 5.35. The summed E-state index contributed by atoms with van der Waals surface area (Å²) in [6.45, 7) is 0. The number of aromatic nitrogens is 1. The number of fused-ring (bicyclic) bond motifs is 1. The van der Waals surface area contributed by atoms with E-state index >= 15 is 0 Å². The molecular weight excluding hydrogens is 390 g/mol. The molecule has 29 heavy (non-hydrogen) atoms. The first-order valence-electron chi connectivity index (χ1n) is 8.88. The van der Waals surface area contributed by atoms with Gasteiger partial charge in [0.2, 0.25) is 5.91 Å². The van der Waals surface area contributed by atoms with E-state index in [-0.39, 0.29) is 12.3 Å². The highest BCUT2D eigenvalue weighted by Crippen LogP contribution is 2.29. The molecule has 1 heterocycles. The van der Waals surface area contributed by atoms with Gasteiger partial charge in [-0.1, -0.05) is 59.2 Å². The zero-order valence-electron chi connectivity index (χ0n) is 15.2. The summed E-state index contributed by atoms with van der Waals surface area (Å²) in [7, 11) is 0. The van der Waals surface area contributed by atoms with Crippen LogP contribution in [0.25, 0.3) is 22.2 Å². The fourth-order valence-corrected chi connectivity index (χ4v) is 3.04. The van der Waals surface area contributed by atoms with Gasteiger partial charge in [0, 0.05) is 16.1 Å². The van der Waals surface area contributed by atoms with Crippen molar-refractivity contribution in [3.05, 3.63) is 88.9 Å². The Bertz CT molecular complexity index is 1170. The van der Waals surface area contributed by atoms with E-state index in [1.807, 2.05) is 30.3 Å². The number of carbonyl (C=O) groups excluding carboxylic acids is 2. The fourth-order valence-electron chi connectivity index (χ4n) is 2.91. The Morgan fingerprint density at radius 3 is 2.45 bits per heavy atom. The van der Waals surface area contributed by atoms with Gasteiger partial charge in [-0.05, 0) is 35.9 Å². The molecule has 0 radical (unpaired) electrons. The maximum atomic E-state index is 12.5. The molecule has 1 aromatic heterocycles. The largest absolute Gasteiger partial charge is 0.355 e. The molecule has 4 rings (SSSR count). The Morgan fingerprint density at radius 2 is 1.69 bits per heavy atom. The molecule has 4 aromatic rings. The average Bonchev–Trinajstić information content (AvgIpc) is 3.17. The zero-order valence-corrected chi connectivity index (χ0v) is 15.9. The van der Waals surface area contributed by atoms with E-state index in [1.165, 1.54) is 0 Å². The van der Waals surface area contributed by atoms with Crippen LogP contribution in [-0.2, 0) is 11.2 Å². The zero-order chi connectivity index (χ0) is 20.2. The average molecular weight is 406 g/mol. The molecule has 3 aromatic carbocycles. The van der Waals surface area contributed by atoms with Crippen LogP contribution in [0.3, 0.4) is 0 Å². The standard InChI is InChI=1S/C22H16ClN3O3/c23-17-9-6-14(7-10-17)12-20(27)24-25-22(28)16-8-11-19-18(13-16)21(29-26-19)15-4-2-1-3-5-15/h1-11,13H,12H2,(H,24,27)(H,25,28). The van der Waals surface area contributed by atoms with Gasteiger partial charge in [0.15, 0.2) is 5.76 Å². The minimum atomic E-state index is -0.434. The van der Waals surface area contributed by atoms with Gasteiger partial charge in [0.05, 0.1) is 11.8 Å². The van der Waals surface area contributed by atoms with Crippen LogP contribution in [0.4, 0.5) is 0 Å². The van der Waals surface area contributed by atoms with Crippen LogP contribution in [0.5, 0.6) is 0 Å². The lowest BCUT2D eigenvalue weighted by atomic mass is 10.1. The molecule has 0 unspecified atom stereocenters. The van der Waals surface area contributed by atoms with Crippen LogP contribution in [0.1, 0.15) is 15.9 Å². The van der Waals surface area contributed by atoms with Gasteiger partial charge < -0.3 is 4.52 Å². The molecule has 0 bridgehead atoms. The maximum Gasteiger partial charge on any atom is 0.269 e. The molecule has 7 heteroatoms. The monoisotopic (exact) mass is 405 g/mol. The van der Waals surface area contributed by atoms with Crippen molar-refractivity contribution in [1.29, 1.82) is 0 Å². The number of hydrogen-bond acceptors (Lipinski definition) is 4. The lowest BCUT2D eigenvalue weighted by molar-refractivity contribution is -0.121. The highest BCUT2D eigenvalue weighted by atomic mass is 35.5. The number of nitrogens with zero attached hydrogens (tertiary/aromatic N) is 1. The number of carbonyl (C=O) groups is 2. The van der Waals surface area contributed by atoms with Crippen LogP contribution >= 0.6 is 11.6 Å². The first-order valence-corrected chi connectivity index (χ1v) is 9.26. The van der Waals surface area contributed by atoms with Gasteiger partial charge >= 0.3 is 0 Å². The summed E-state index contributed by atoms with van der Waals surface area (Å²) >= 11 is 5.83. The topological polar surface area (TPSA) is 84.2 Å². The number of hydrazine groups is 1. The summed E-state index contributed by atoms with van der Waals surface area (Å²) in [6, 6.07) is 21.5. The molecule has 0 saturated heterocycles. The minimum absolute atomic E-state index is 0.125. The third-order valence-electron chi connectivity index (χ3n) is 4.37. The Hall–Kier alpha value is -3.64. The molecule has 6 nitrogen and oxygen atoms in total. The molecular formula is C22H16ClN3O3. The quantitative estimate of drug-likeness (QED) is 0.499. The van der Waals surface area contributed by atoms with Gasteiger partial charge in [-0.3, -0.25) is 20.4 Å². The summed E-state index contributed by atoms with van der Waals surface area (Å²) < 4.78 is 5.45. The molecule has 0 aliphatic heterocycles. The smallest absolute Gasteiger partial charge is 0.269 e. The van der Waals surface area contributed by atoms with Crippen molar-refractivity contribution in [2.45, 2.75) is 6.42 Å². The predicted octanol–water partition coefficient (Wildman–Crippen LogP) is 4.15. The van der Waals surface area contributed by atoms with Crippen molar-refractivity contribution in [3.63, 3.8) is 0 Å². The molecule has 0 saturated carbocycles. The van der Waals surface area contributed by atoms with E-state index in [1.54, 1.807) is 42.5 Å². The highest BCUT2D eigenvalue weighted by molar-refractivity contribution is 6.30. The molecule has 0 spiro atoms. The number of nitrogens with one attached hydrogen (secondary N) is 2. The van der Waals surface area contributed by atoms with E-state index in [0.29, 0.717) is 21.9 Å². The van der Waals surface area contributed by atoms with E-state index in [0.717, 1.165) is 16.5 Å². The molecule has 0 fully saturated rings. The van der Waals surface area contributed by atoms with Gasteiger partial charge in [-0.2, -0.15) is 0 Å². The van der Waals surface area contributed by atoms with Gasteiger partial charge in [-0.25, -0.2) is 0 Å². The first kappa shape index (κ1) is 18.7. The SMILES string of the molecule is O=C(Cc1ccc(Cl)cc1)NNC(=O)c1ccc2noc(-c3ccccc3)c2c1. The molecule has 2 amide bonds. The summed E-state index contributed by atoms with van der Waals surface area (Å²) in [5.41, 5.74) is 7.53. The second kappa shape index (κ2) is 8.16. The lowest BCUT2D eigenvalue weighted by Crippen LogP contribution is -2.42. The van der Waals surface area contributed by atoms with E-state index < -0.39 is 5.91 Å². The Balaban J connectivity index is 1.46. The summed E-state index contributed by atoms with van der Waals surface area (Å²) in [4.78, 5) is 24.5. The van der Waals surface area contributed by atoms with Crippen molar-refractivity contribution in [1.82, 2.24) is 16.0 Å². The molecule has 144 valence electrons. The van der Waals surface area contributed by atoms with E-state index in [2.05, 4.69) is 16.0 Å². The Labute approximate surface area is 171 Å². The Kier molecular flexibility index (Phi) is 5.27. The van der Waals surface area contributed by atoms with Crippen molar-refractivity contribution < 1.29 is 14.1 Å². The van der Waals surface area contributed by atoms with Gasteiger partial charge in [0.25, 0.3) is 5.91 Å². The van der Waals surface area contributed by atoms with Crippen LogP contribution in [0.15, 0.2) is 77.3 Å². The van der Waals surface area contributed by atoms with Crippen LogP contribution in [-0.4, -0.2) is 17.0 Å². The molecule has 0 atom stereocenters. The van der Waals surface area contributed by atoms with Crippen molar-refractivity contribution in [3.8, 4) is 11.3 Å². The van der Waals surface area contributed by atoms with Crippen LogP contribution in [0.2, 0.25) is 5.02 Å². The fraction of sp³-hybridized carbons (Fsp3) is 0.0455. The molecule has 0 aliphatic carbocycles. The normalized spacial score (nSPS) is 10.7. The molecule has 0 aliphatic rings. The van der Waals surface area contributed by atoms with Gasteiger partial charge in [-0.15, -0.1) is 0 Å². The second-order valence-electron chi connectivity index (χ2n) is 6.42. The highest BCUT2D eigenvalue weighted by Gasteiger charge is 2.14. The minimum Gasteiger partial charge on any atom is -0.355 e. The lowest BCUT2D eigenvalue weighted by Gasteiger charge is -2.08. The number of hydrogen-bond donors (Lipinski definition) is 2. The van der Waals surface area contributed by atoms with E-state index in [4.69, 9.17) is 16.1 Å². The van der Waals surface area contributed by atoms with Crippen molar-refractivity contribution in [2.24, 2.45) is 0 Å². The maximum absolute atomic E-state index is 12.5. The number of amides is 2. The van der Waals surface area contributed by atoms with Crippen LogP contribution in [0, 0.1) is 0 Å². The first-order chi connectivity index (χ1) is 14.1. The predicted molar refractivity (Wildman–Crippen MR) is 110 cm³/mol. The third kappa shape index (κ3) is 4.28. The number of rotatable bonds is 4. The van der Waals surface area contributed by atoms with Crippen LogP contribution < -0.4 is 10.9 Å². The third-order valence-corrected chi connectivity index (χ3v) is 4.62. The summed E-state index contributed by atoms with van der Waals surface area (Å²) in [6.07, 6.45) is 0.125.